The second kappa shape index (κ2) is 3.49. The number of rotatable bonds is 2. The Morgan fingerprint density at radius 2 is 1.62 bits per heavy atom. The minimum Gasteiger partial charge on any atom is -0.0882 e. The van der Waals surface area contributed by atoms with Crippen molar-refractivity contribution in [2.75, 3.05) is 0 Å². The molecule has 0 fully saturated rings. The van der Waals surface area contributed by atoms with Crippen LogP contribution in [0.25, 0.3) is 0 Å². The first-order valence-electron chi connectivity index (χ1n) is 2.99. The molecule has 0 aromatic rings. The Labute approximate surface area is 60.8 Å². The van der Waals surface area contributed by atoms with Crippen LogP contribution in [0.2, 0.25) is 0 Å². The van der Waals surface area contributed by atoms with Gasteiger partial charge in [-0.15, -0.1) is 0 Å². The zero-order valence-corrected chi connectivity index (χ0v) is 7.62. The fourth-order valence-corrected chi connectivity index (χ4v) is 0.667. The average molecular weight is 178 g/mol. The summed E-state index contributed by atoms with van der Waals surface area (Å²) in [5, 5.41) is 0. The molecule has 0 amide bonds. The molecule has 0 aromatic heterocycles. The summed E-state index contributed by atoms with van der Waals surface area (Å²) in [5.41, 5.74) is 0. The standard InChI is InChI=1S/C7H14Br/c1-5(2)7(8)6(3)4/h5,7H,1-4H3. The van der Waals surface area contributed by atoms with Crippen LogP contribution in [-0.2, 0) is 0 Å². The van der Waals surface area contributed by atoms with E-state index in [0.717, 1.165) is 5.92 Å². The quantitative estimate of drug-likeness (QED) is 0.570. The van der Waals surface area contributed by atoms with E-state index in [0.29, 0.717) is 4.83 Å². The summed E-state index contributed by atoms with van der Waals surface area (Å²) in [7, 11) is 0. The van der Waals surface area contributed by atoms with Gasteiger partial charge in [0.15, 0.2) is 0 Å². The first kappa shape index (κ1) is 8.48. The second-order valence-corrected chi connectivity index (χ2v) is 3.71. The Morgan fingerprint density at radius 1 is 1.25 bits per heavy atom. The largest absolute Gasteiger partial charge is 0.0882 e. The Balaban J connectivity index is 3.46. The molecular formula is C7H14Br. The third kappa shape index (κ3) is 2.71. The van der Waals surface area contributed by atoms with E-state index in [2.05, 4.69) is 43.6 Å². The van der Waals surface area contributed by atoms with Gasteiger partial charge in [0, 0.05) is 4.83 Å². The van der Waals surface area contributed by atoms with E-state index in [1.807, 2.05) is 0 Å². The normalized spacial score (nSPS) is 12.0. The van der Waals surface area contributed by atoms with E-state index in [1.165, 1.54) is 5.92 Å². The van der Waals surface area contributed by atoms with Gasteiger partial charge in [0.05, 0.1) is 0 Å². The molecule has 0 N–H and O–H groups in total. The zero-order valence-electron chi connectivity index (χ0n) is 6.03. The van der Waals surface area contributed by atoms with Crippen molar-refractivity contribution in [1.29, 1.82) is 0 Å². The highest BCUT2D eigenvalue weighted by Gasteiger charge is 2.12. The minimum atomic E-state index is 0.600. The van der Waals surface area contributed by atoms with Crippen molar-refractivity contribution in [3.8, 4) is 0 Å². The molecule has 0 rings (SSSR count). The van der Waals surface area contributed by atoms with Gasteiger partial charge in [-0.1, -0.05) is 43.6 Å². The SMILES string of the molecule is C[C](C)C(Br)C(C)C. The van der Waals surface area contributed by atoms with Crippen molar-refractivity contribution in [3.05, 3.63) is 5.92 Å². The molecule has 0 aliphatic carbocycles. The number of halogens is 1. The van der Waals surface area contributed by atoms with Crippen molar-refractivity contribution in [2.45, 2.75) is 32.5 Å². The van der Waals surface area contributed by atoms with Crippen LogP contribution < -0.4 is 0 Å². The Morgan fingerprint density at radius 3 is 1.62 bits per heavy atom. The second-order valence-electron chi connectivity index (χ2n) is 2.72. The Hall–Kier alpha value is 0.480. The van der Waals surface area contributed by atoms with Gasteiger partial charge in [-0.3, -0.25) is 0 Å². The van der Waals surface area contributed by atoms with Crippen LogP contribution in [0.3, 0.4) is 0 Å². The van der Waals surface area contributed by atoms with Gasteiger partial charge in [-0.05, 0) is 11.8 Å². The van der Waals surface area contributed by atoms with Crippen LogP contribution in [0.5, 0.6) is 0 Å². The molecule has 1 atom stereocenters. The number of hydrogen-bond acceptors (Lipinski definition) is 0. The molecule has 1 radical (unpaired) electrons. The summed E-state index contributed by atoms with van der Waals surface area (Å²) >= 11 is 3.57. The highest BCUT2D eigenvalue weighted by Crippen LogP contribution is 2.21. The van der Waals surface area contributed by atoms with Gasteiger partial charge in [0.2, 0.25) is 0 Å². The summed E-state index contributed by atoms with van der Waals surface area (Å²) in [6, 6.07) is 0. The topological polar surface area (TPSA) is 0 Å². The van der Waals surface area contributed by atoms with E-state index >= 15 is 0 Å². The molecule has 0 heterocycles. The molecule has 0 aromatic carbocycles. The molecular weight excluding hydrogens is 164 g/mol. The van der Waals surface area contributed by atoms with E-state index < -0.39 is 0 Å². The third-order valence-corrected chi connectivity index (χ3v) is 3.11. The fourth-order valence-electron chi connectivity index (χ4n) is 0.667. The van der Waals surface area contributed by atoms with Gasteiger partial charge < -0.3 is 0 Å². The van der Waals surface area contributed by atoms with Crippen LogP contribution in [0.4, 0.5) is 0 Å². The highest BCUT2D eigenvalue weighted by molar-refractivity contribution is 9.09. The molecule has 0 saturated heterocycles. The predicted molar refractivity (Wildman–Crippen MR) is 42.1 cm³/mol. The van der Waals surface area contributed by atoms with Gasteiger partial charge in [-0.2, -0.15) is 0 Å². The molecule has 0 nitrogen and oxygen atoms in total. The highest BCUT2D eigenvalue weighted by atomic mass is 79.9. The van der Waals surface area contributed by atoms with Crippen LogP contribution in [-0.4, -0.2) is 4.83 Å². The van der Waals surface area contributed by atoms with E-state index in [1.54, 1.807) is 0 Å². The summed E-state index contributed by atoms with van der Waals surface area (Å²) in [6.07, 6.45) is 0. The first-order valence-corrected chi connectivity index (χ1v) is 3.91. The van der Waals surface area contributed by atoms with E-state index in [9.17, 15) is 0 Å². The molecule has 0 aliphatic heterocycles. The lowest BCUT2D eigenvalue weighted by atomic mass is 10.0. The van der Waals surface area contributed by atoms with Crippen LogP contribution in [0.15, 0.2) is 0 Å². The summed E-state index contributed by atoms with van der Waals surface area (Å²) in [4.78, 5) is 0.600. The predicted octanol–water partition coefficient (Wildman–Crippen LogP) is 3.02. The number of hydrogen-bond donors (Lipinski definition) is 0. The maximum atomic E-state index is 3.57. The molecule has 1 heteroatoms. The van der Waals surface area contributed by atoms with Gasteiger partial charge >= 0.3 is 0 Å². The average Bonchev–Trinajstić information content (AvgIpc) is 1.64. The van der Waals surface area contributed by atoms with Gasteiger partial charge in [0.1, 0.15) is 0 Å². The Kier molecular flexibility index (Phi) is 3.70. The molecule has 8 heavy (non-hydrogen) atoms. The fraction of sp³-hybridized carbons (Fsp3) is 0.857. The van der Waals surface area contributed by atoms with Crippen LogP contribution in [0.1, 0.15) is 27.7 Å². The van der Waals surface area contributed by atoms with Crippen molar-refractivity contribution >= 4 is 15.9 Å². The molecule has 0 spiro atoms. The van der Waals surface area contributed by atoms with E-state index in [4.69, 9.17) is 0 Å². The van der Waals surface area contributed by atoms with Crippen molar-refractivity contribution in [3.63, 3.8) is 0 Å². The minimum absolute atomic E-state index is 0.600. The zero-order chi connectivity index (χ0) is 6.73. The number of alkyl halides is 1. The lowest BCUT2D eigenvalue weighted by Gasteiger charge is -2.16. The molecule has 0 aliphatic rings. The molecule has 0 saturated carbocycles. The first-order chi connectivity index (χ1) is 3.55. The maximum absolute atomic E-state index is 3.57. The van der Waals surface area contributed by atoms with Crippen molar-refractivity contribution in [2.24, 2.45) is 5.92 Å². The molecule has 49 valence electrons. The third-order valence-electron chi connectivity index (χ3n) is 1.14. The van der Waals surface area contributed by atoms with Crippen LogP contribution in [0, 0.1) is 11.8 Å². The molecule has 1 unspecified atom stereocenters. The molecule has 0 bridgehead atoms. The summed E-state index contributed by atoms with van der Waals surface area (Å²) in [6.45, 7) is 8.73. The monoisotopic (exact) mass is 177 g/mol. The van der Waals surface area contributed by atoms with Crippen LogP contribution >= 0.6 is 15.9 Å². The summed E-state index contributed by atoms with van der Waals surface area (Å²) < 4.78 is 0. The maximum Gasteiger partial charge on any atom is 0.0225 e. The smallest absolute Gasteiger partial charge is 0.0225 e. The van der Waals surface area contributed by atoms with Crippen molar-refractivity contribution in [1.82, 2.24) is 0 Å². The lowest BCUT2D eigenvalue weighted by Crippen LogP contribution is -2.12. The van der Waals surface area contributed by atoms with Gasteiger partial charge in [-0.25, -0.2) is 0 Å². The van der Waals surface area contributed by atoms with Crippen molar-refractivity contribution < 1.29 is 0 Å². The van der Waals surface area contributed by atoms with E-state index in [-0.39, 0.29) is 0 Å². The van der Waals surface area contributed by atoms with Gasteiger partial charge in [0.25, 0.3) is 0 Å². The summed E-state index contributed by atoms with van der Waals surface area (Å²) in [5.74, 6) is 2.18. The Bertz CT molecular complexity index is 49.4. The lowest BCUT2D eigenvalue weighted by molar-refractivity contribution is 0.625.